The van der Waals surface area contributed by atoms with Crippen LogP contribution in [-0.4, -0.2) is 35.9 Å². The third-order valence-electron chi connectivity index (χ3n) is 3.23. The van der Waals surface area contributed by atoms with Crippen LogP contribution in [0.25, 0.3) is 0 Å². The van der Waals surface area contributed by atoms with Crippen molar-refractivity contribution in [1.82, 2.24) is 10.3 Å². The zero-order chi connectivity index (χ0) is 14.5. The van der Waals surface area contributed by atoms with E-state index in [0.29, 0.717) is 13.0 Å². The van der Waals surface area contributed by atoms with E-state index in [4.69, 9.17) is 4.74 Å². The number of aryl methyl sites for hydroxylation is 1. The molecule has 108 valence electrons. The lowest BCUT2D eigenvalue weighted by Gasteiger charge is -2.24. The Kier molecular flexibility index (Phi) is 5.76. The molecule has 0 aromatic carbocycles. The highest BCUT2D eigenvalue weighted by atomic mass is 16.5. The van der Waals surface area contributed by atoms with Gasteiger partial charge in [-0.1, -0.05) is 6.92 Å². The molecular formula is C15H26N2O2. The second-order valence-electron chi connectivity index (χ2n) is 5.40. The van der Waals surface area contributed by atoms with Gasteiger partial charge >= 0.3 is 0 Å². The molecule has 1 aromatic rings. The fourth-order valence-corrected chi connectivity index (χ4v) is 2.21. The third kappa shape index (κ3) is 4.48. The Bertz CT molecular complexity index is 417. The van der Waals surface area contributed by atoms with Gasteiger partial charge in [-0.25, -0.2) is 0 Å². The minimum Gasteiger partial charge on any atom is -0.496 e. The summed E-state index contributed by atoms with van der Waals surface area (Å²) in [5.74, 6) is 0.863. The zero-order valence-electron chi connectivity index (χ0n) is 12.7. The number of methoxy groups -OCH3 is 1. The molecule has 1 rings (SSSR count). The number of aliphatic hydroxyl groups is 1. The summed E-state index contributed by atoms with van der Waals surface area (Å²) in [4.78, 5) is 4.43. The first-order valence-electron chi connectivity index (χ1n) is 6.83. The van der Waals surface area contributed by atoms with Crippen LogP contribution in [0.2, 0.25) is 0 Å². The number of ether oxygens (including phenoxy) is 1. The van der Waals surface area contributed by atoms with Crippen molar-refractivity contribution in [1.29, 1.82) is 0 Å². The normalized spacial score (nSPS) is 14.2. The summed E-state index contributed by atoms with van der Waals surface area (Å²) in [6.45, 7) is 9.40. The fourth-order valence-electron chi connectivity index (χ4n) is 2.21. The highest BCUT2D eigenvalue weighted by Crippen LogP contribution is 2.26. The Morgan fingerprint density at radius 2 is 2.11 bits per heavy atom. The summed E-state index contributed by atoms with van der Waals surface area (Å²) in [5.41, 5.74) is 2.13. The molecule has 0 aliphatic heterocycles. The maximum Gasteiger partial charge on any atom is 0.128 e. The van der Waals surface area contributed by atoms with Crippen molar-refractivity contribution in [3.05, 3.63) is 23.0 Å². The van der Waals surface area contributed by atoms with Gasteiger partial charge in [0.15, 0.2) is 0 Å². The Balaban J connectivity index is 2.81. The van der Waals surface area contributed by atoms with Crippen LogP contribution in [0.5, 0.6) is 5.75 Å². The van der Waals surface area contributed by atoms with Crippen LogP contribution in [0, 0.1) is 13.8 Å². The molecule has 0 aliphatic carbocycles. The van der Waals surface area contributed by atoms with Crippen molar-refractivity contribution in [2.45, 2.75) is 46.1 Å². The average molecular weight is 266 g/mol. The molecule has 1 atom stereocenters. The summed E-state index contributed by atoms with van der Waals surface area (Å²) >= 11 is 0. The average Bonchev–Trinajstić information content (AvgIpc) is 2.34. The van der Waals surface area contributed by atoms with E-state index in [1.165, 1.54) is 0 Å². The molecule has 0 aliphatic rings. The lowest BCUT2D eigenvalue weighted by atomic mass is 9.96. The van der Waals surface area contributed by atoms with Crippen LogP contribution in [0.15, 0.2) is 6.20 Å². The van der Waals surface area contributed by atoms with Crippen LogP contribution in [0.3, 0.4) is 0 Å². The highest BCUT2D eigenvalue weighted by molar-refractivity contribution is 5.41. The Hall–Kier alpha value is -1.13. The van der Waals surface area contributed by atoms with E-state index in [-0.39, 0.29) is 0 Å². The van der Waals surface area contributed by atoms with Gasteiger partial charge in [0.1, 0.15) is 5.75 Å². The lowest BCUT2D eigenvalue weighted by molar-refractivity contribution is 0.0591. The SMILES string of the molecule is CCCNCC(C)(O)Cc1ncc(C)c(OC)c1C. The minimum atomic E-state index is -0.798. The molecule has 1 heterocycles. The van der Waals surface area contributed by atoms with Crippen molar-refractivity contribution in [2.75, 3.05) is 20.2 Å². The second kappa shape index (κ2) is 6.87. The molecule has 0 spiro atoms. The van der Waals surface area contributed by atoms with E-state index in [0.717, 1.165) is 35.5 Å². The number of hydrogen-bond donors (Lipinski definition) is 2. The van der Waals surface area contributed by atoms with E-state index < -0.39 is 5.60 Å². The van der Waals surface area contributed by atoms with Crippen LogP contribution < -0.4 is 10.1 Å². The quantitative estimate of drug-likeness (QED) is 0.741. The third-order valence-corrected chi connectivity index (χ3v) is 3.23. The number of rotatable bonds is 7. The molecule has 1 unspecified atom stereocenters. The van der Waals surface area contributed by atoms with E-state index in [1.807, 2.05) is 20.8 Å². The van der Waals surface area contributed by atoms with Gasteiger partial charge in [0, 0.05) is 36.0 Å². The number of aromatic nitrogens is 1. The molecule has 2 N–H and O–H groups in total. The smallest absolute Gasteiger partial charge is 0.128 e. The fraction of sp³-hybridized carbons (Fsp3) is 0.667. The predicted molar refractivity (Wildman–Crippen MR) is 77.8 cm³/mol. The van der Waals surface area contributed by atoms with E-state index in [9.17, 15) is 5.11 Å². The number of pyridine rings is 1. The topological polar surface area (TPSA) is 54.4 Å². The van der Waals surface area contributed by atoms with Gasteiger partial charge in [-0.2, -0.15) is 0 Å². The van der Waals surface area contributed by atoms with Crippen molar-refractivity contribution >= 4 is 0 Å². The standard InChI is InChI=1S/C15H26N2O2/c1-6-7-16-10-15(4,18)8-13-12(3)14(19-5)11(2)9-17-13/h9,16,18H,6-8,10H2,1-5H3. The van der Waals surface area contributed by atoms with Gasteiger partial charge < -0.3 is 15.2 Å². The molecule has 0 saturated heterocycles. The van der Waals surface area contributed by atoms with Crippen LogP contribution in [-0.2, 0) is 6.42 Å². The molecule has 4 heteroatoms. The highest BCUT2D eigenvalue weighted by Gasteiger charge is 2.23. The van der Waals surface area contributed by atoms with Crippen molar-refractivity contribution in [3.8, 4) is 5.75 Å². The number of nitrogens with one attached hydrogen (secondary N) is 1. The summed E-state index contributed by atoms with van der Waals surface area (Å²) in [6, 6.07) is 0. The first kappa shape index (κ1) is 15.9. The Labute approximate surface area is 116 Å². The number of nitrogens with zero attached hydrogens (tertiary/aromatic N) is 1. The van der Waals surface area contributed by atoms with Gasteiger partial charge in [0.2, 0.25) is 0 Å². The van der Waals surface area contributed by atoms with Crippen LogP contribution in [0.4, 0.5) is 0 Å². The maximum absolute atomic E-state index is 10.4. The van der Waals surface area contributed by atoms with Crippen molar-refractivity contribution in [3.63, 3.8) is 0 Å². The van der Waals surface area contributed by atoms with E-state index in [1.54, 1.807) is 13.3 Å². The molecule has 0 saturated carbocycles. The monoisotopic (exact) mass is 266 g/mol. The predicted octanol–water partition coefficient (Wildman–Crippen LogP) is 2.00. The zero-order valence-corrected chi connectivity index (χ0v) is 12.7. The van der Waals surface area contributed by atoms with Gasteiger partial charge in [-0.3, -0.25) is 4.98 Å². The Morgan fingerprint density at radius 1 is 1.42 bits per heavy atom. The summed E-state index contributed by atoms with van der Waals surface area (Å²) in [5, 5.41) is 13.7. The van der Waals surface area contributed by atoms with Gasteiger partial charge in [0.25, 0.3) is 0 Å². The number of hydrogen-bond acceptors (Lipinski definition) is 4. The van der Waals surface area contributed by atoms with Gasteiger partial charge in [-0.05, 0) is 33.7 Å². The minimum absolute atomic E-state index is 0.520. The molecule has 0 radical (unpaired) electrons. The Morgan fingerprint density at radius 3 is 2.68 bits per heavy atom. The first-order chi connectivity index (χ1) is 8.91. The van der Waals surface area contributed by atoms with Crippen molar-refractivity contribution < 1.29 is 9.84 Å². The molecule has 0 fully saturated rings. The lowest BCUT2D eigenvalue weighted by Crippen LogP contribution is -2.40. The summed E-state index contributed by atoms with van der Waals surface area (Å²) in [6.07, 6.45) is 3.38. The molecule has 4 nitrogen and oxygen atoms in total. The molecule has 1 aromatic heterocycles. The molecule has 19 heavy (non-hydrogen) atoms. The maximum atomic E-state index is 10.4. The van der Waals surface area contributed by atoms with Crippen LogP contribution in [0.1, 0.15) is 37.1 Å². The summed E-state index contributed by atoms with van der Waals surface area (Å²) in [7, 11) is 1.67. The molecule has 0 bridgehead atoms. The van der Waals surface area contributed by atoms with Gasteiger partial charge in [-0.15, -0.1) is 0 Å². The summed E-state index contributed by atoms with van der Waals surface area (Å²) < 4.78 is 5.39. The van der Waals surface area contributed by atoms with Crippen molar-refractivity contribution in [2.24, 2.45) is 0 Å². The van der Waals surface area contributed by atoms with E-state index >= 15 is 0 Å². The van der Waals surface area contributed by atoms with Crippen LogP contribution >= 0.6 is 0 Å². The second-order valence-corrected chi connectivity index (χ2v) is 5.40. The largest absolute Gasteiger partial charge is 0.496 e. The van der Waals surface area contributed by atoms with Gasteiger partial charge in [0.05, 0.1) is 12.7 Å². The molecular weight excluding hydrogens is 240 g/mol. The first-order valence-corrected chi connectivity index (χ1v) is 6.83. The van der Waals surface area contributed by atoms with E-state index in [2.05, 4.69) is 17.2 Å². The molecule has 0 amide bonds.